The first-order valence-corrected chi connectivity index (χ1v) is 21.0. The number of carbonyl (C=O) groups is 2. The molecule has 336 valence electrons. The number of rotatable bonds is 13. The van der Waals surface area contributed by atoms with Crippen LogP contribution in [-0.4, -0.2) is 151 Å². The molecule has 59 heavy (non-hydrogen) atoms. The molecule has 0 unspecified atom stereocenters. The van der Waals surface area contributed by atoms with Crippen LogP contribution in [0.3, 0.4) is 0 Å². The van der Waals surface area contributed by atoms with Gasteiger partial charge in [0.1, 0.15) is 42.7 Å². The molecule has 0 aliphatic carbocycles. The summed E-state index contributed by atoms with van der Waals surface area (Å²) in [6.07, 6.45) is 2.68. The van der Waals surface area contributed by atoms with E-state index >= 15 is 0 Å². The maximum absolute atomic E-state index is 14.1. The molecule has 0 aromatic rings. The van der Waals surface area contributed by atoms with Crippen molar-refractivity contribution >= 4 is 11.8 Å². The van der Waals surface area contributed by atoms with E-state index in [2.05, 4.69) is 19.9 Å². The molecule has 0 aromatic heterocycles. The van der Waals surface area contributed by atoms with E-state index in [0.29, 0.717) is 12.3 Å². The number of carbonyl (C=O) groups excluding carboxylic acids is 2. The lowest BCUT2D eigenvalue weighted by Crippen LogP contribution is -2.64. The maximum atomic E-state index is 14.1. The van der Waals surface area contributed by atoms with Crippen LogP contribution in [0.25, 0.3) is 0 Å². The van der Waals surface area contributed by atoms with E-state index in [4.69, 9.17) is 56.8 Å². The Balaban J connectivity index is 1.39. The number of aliphatic hydroxyl groups is 1. The van der Waals surface area contributed by atoms with Crippen LogP contribution in [0, 0.1) is 23.2 Å². The van der Waals surface area contributed by atoms with Crippen LogP contribution in [-0.2, 0) is 66.4 Å². The molecule has 5 rings (SSSR count). The van der Waals surface area contributed by atoms with E-state index in [9.17, 15) is 14.7 Å². The number of hydrogen-bond acceptors (Lipinski definition) is 15. The second kappa shape index (κ2) is 20.8. The first-order valence-electron chi connectivity index (χ1n) is 21.0. The second-order valence-electron chi connectivity index (χ2n) is 17.6. The lowest BCUT2D eigenvalue weighted by Gasteiger charge is -2.48. The highest BCUT2D eigenvalue weighted by Gasteiger charge is 2.57. The fourth-order valence-corrected chi connectivity index (χ4v) is 8.98. The summed E-state index contributed by atoms with van der Waals surface area (Å²) < 4.78 is 74.1. The van der Waals surface area contributed by atoms with Crippen LogP contribution >= 0.6 is 0 Å². The number of allylic oxidation sites excluding steroid dienone is 5. The van der Waals surface area contributed by atoms with Gasteiger partial charge in [0.25, 0.3) is 0 Å². The third-order valence-corrected chi connectivity index (χ3v) is 12.8. The Bertz CT molecular complexity index is 1460. The Morgan fingerprint density at radius 1 is 0.746 bits per heavy atom. The first-order chi connectivity index (χ1) is 28.0. The Labute approximate surface area is 350 Å². The van der Waals surface area contributed by atoms with Crippen molar-refractivity contribution in [2.45, 2.75) is 166 Å². The summed E-state index contributed by atoms with van der Waals surface area (Å²) in [7, 11) is 7.83. The normalized spacial score (nSPS) is 43.6. The number of Topliss-reactive ketones (excluding diaryl/α,β-unsaturated/α-hetero) is 1. The molecule has 5 aliphatic heterocycles. The minimum Gasteiger partial charge on any atom is -0.457 e. The van der Waals surface area contributed by atoms with Gasteiger partial charge in [-0.05, 0) is 25.3 Å². The van der Waals surface area contributed by atoms with Crippen molar-refractivity contribution in [2.75, 3.05) is 42.2 Å². The molecule has 5 aliphatic rings. The molecule has 0 radical (unpaired) electrons. The van der Waals surface area contributed by atoms with Crippen LogP contribution in [0.2, 0.25) is 0 Å². The van der Waals surface area contributed by atoms with Crippen LogP contribution in [0.5, 0.6) is 0 Å². The average Bonchev–Trinajstić information content (AvgIpc) is 3.52. The fourth-order valence-electron chi connectivity index (χ4n) is 8.98. The molecule has 5 saturated heterocycles. The third kappa shape index (κ3) is 10.7. The molecule has 0 spiro atoms. The highest BCUT2D eigenvalue weighted by molar-refractivity contribution is 5.86. The minimum absolute atomic E-state index is 0.0965. The van der Waals surface area contributed by atoms with Gasteiger partial charge in [-0.1, -0.05) is 71.9 Å². The Morgan fingerprint density at radius 2 is 1.41 bits per heavy atom. The summed E-state index contributed by atoms with van der Waals surface area (Å²) in [5.74, 6) is -3.49. The number of ketones is 1. The van der Waals surface area contributed by atoms with Crippen molar-refractivity contribution in [2.24, 2.45) is 23.2 Å². The van der Waals surface area contributed by atoms with Gasteiger partial charge in [0.05, 0.1) is 43.5 Å². The molecule has 0 aromatic carbocycles. The van der Waals surface area contributed by atoms with Crippen molar-refractivity contribution in [3.8, 4) is 0 Å². The van der Waals surface area contributed by atoms with Gasteiger partial charge in [-0.25, -0.2) is 0 Å². The highest BCUT2D eigenvalue weighted by atomic mass is 16.8. The van der Waals surface area contributed by atoms with Gasteiger partial charge in [-0.3, -0.25) is 9.59 Å². The largest absolute Gasteiger partial charge is 0.457 e. The topological polar surface area (TPSA) is 165 Å². The molecule has 1 N–H and O–H groups in total. The summed E-state index contributed by atoms with van der Waals surface area (Å²) in [5.41, 5.74) is -0.805. The molecule has 4 bridgehead atoms. The third-order valence-electron chi connectivity index (χ3n) is 12.8. The number of esters is 1. The zero-order valence-electron chi connectivity index (χ0n) is 37.0. The summed E-state index contributed by atoms with van der Waals surface area (Å²) in [5, 5.41) is 11.9. The lowest BCUT2D eigenvalue weighted by atomic mass is 9.77. The van der Waals surface area contributed by atoms with E-state index < -0.39 is 109 Å². The Morgan fingerprint density at radius 3 is 2.05 bits per heavy atom. The maximum Gasteiger partial charge on any atom is 0.309 e. The predicted octanol–water partition coefficient (Wildman–Crippen LogP) is 4.47. The molecular formula is C44H70O15. The van der Waals surface area contributed by atoms with Crippen molar-refractivity contribution in [1.29, 1.82) is 0 Å². The molecule has 17 atom stereocenters. The Hall–Kier alpha value is -2.12. The van der Waals surface area contributed by atoms with Gasteiger partial charge in [-0.2, -0.15) is 0 Å². The van der Waals surface area contributed by atoms with Crippen molar-refractivity contribution in [1.82, 2.24) is 0 Å². The van der Waals surface area contributed by atoms with Crippen molar-refractivity contribution < 1.29 is 71.5 Å². The zero-order chi connectivity index (χ0) is 43.2. The fraction of sp³-hybridized carbons (Fsp3) is 0.818. The summed E-state index contributed by atoms with van der Waals surface area (Å²) >= 11 is 0. The minimum atomic E-state index is -2.05. The standard InChI is InChI=1S/C44H70O15/c1-24(2)17-15-13-14-16-18-33-43(6,7)34-19-25(3)44(47,59-34)32(45)21-28-20-29(26(4)30(55-28)22-35(46)57-33)56-41-39(51-11)37(31(48-8)23-53-41)58-42-40(52-12)38(50-10)36(49-9)27(5)54-42/h13-18,24-31,33-34,36-42,47H,19-23H2,1-12H3/b14-13+,17-15+,18-16+/t25-,26-,27+,28+,29+,30+,31-,33-,34-,36-,37+,38-,39-,40+,41+,42+,44-/m1/s1. The zero-order valence-corrected chi connectivity index (χ0v) is 37.0. The van der Waals surface area contributed by atoms with Crippen molar-refractivity contribution in [3.63, 3.8) is 0 Å². The molecule has 5 heterocycles. The number of cyclic esters (lactones) is 1. The molecule has 0 amide bonds. The predicted molar refractivity (Wildman–Crippen MR) is 214 cm³/mol. The van der Waals surface area contributed by atoms with Gasteiger partial charge in [0, 0.05) is 65.6 Å². The highest BCUT2D eigenvalue weighted by Crippen LogP contribution is 2.46. The van der Waals surface area contributed by atoms with Crippen LogP contribution in [0.4, 0.5) is 0 Å². The van der Waals surface area contributed by atoms with E-state index in [1.54, 1.807) is 35.4 Å². The van der Waals surface area contributed by atoms with Gasteiger partial charge >= 0.3 is 5.97 Å². The van der Waals surface area contributed by atoms with E-state index in [0.717, 1.165) is 0 Å². The summed E-state index contributed by atoms with van der Waals surface area (Å²) in [6, 6.07) is 0. The molecule has 15 nitrogen and oxygen atoms in total. The Kier molecular flexibility index (Phi) is 16.9. The number of methoxy groups -OCH3 is 5. The van der Waals surface area contributed by atoms with E-state index in [1.165, 1.54) is 7.11 Å². The van der Waals surface area contributed by atoms with E-state index in [-0.39, 0.29) is 37.9 Å². The quantitative estimate of drug-likeness (QED) is 0.204. The number of ether oxygens (including phenoxy) is 12. The van der Waals surface area contributed by atoms with Gasteiger partial charge in [0.15, 0.2) is 18.4 Å². The first kappa shape index (κ1) is 47.9. The van der Waals surface area contributed by atoms with Crippen LogP contribution in [0.1, 0.15) is 74.1 Å². The summed E-state index contributed by atoms with van der Waals surface area (Å²) in [6.45, 7) is 13.8. The van der Waals surface area contributed by atoms with Crippen LogP contribution < -0.4 is 0 Å². The number of fused-ring (bicyclic) bond motifs is 4. The van der Waals surface area contributed by atoms with Gasteiger partial charge < -0.3 is 61.9 Å². The number of hydrogen-bond donors (Lipinski definition) is 1. The van der Waals surface area contributed by atoms with Gasteiger partial charge in [-0.15, -0.1) is 0 Å². The molecule has 15 heteroatoms. The lowest BCUT2D eigenvalue weighted by molar-refractivity contribution is -0.359. The second-order valence-corrected chi connectivity index (χ2v) is 17.6. The average molecular weight is 839 g/mol. The smallest absolute Gasteiger partial charge is 0.309 e. The molecule has 0 saturated carbocycles. The van der Waals surface area contributed by atoms with E-state index in [1.807, 2.05) is 58.1 Å². The van der Waals surface area contributed by atoms with Gasteiger partial charge in [0.2, 0.25) is 5.79 Å². The van der Waals surface area contributed by atoms with Crippen LogP contribution in [0.15, 0.2) is 36.5 Å². The van der Waals surface area contributed by atoms with Crippen molar-refractivity contribution in [3.05, 3.63) is 36.5 Å². The SMILES string of the molecule is CO[C@H]1[C@H](OC)[C@H](O[C@@H]2[C@@H](OC)[C@H](O[C@H]3C[C@H]4CC(=O)[C@]5(O)O[C@H](C[C@H]5C)C(C)(C)[C@@H](/C=C/C=C/C=C/C(C)C)OC(=O)C[C@H](O4)[C@@H]3C)OC[C@H]2OC)O[C@@H](C)[C@H]1OC. The monoisotopic (exact) mass is 838 g/mol. The molecule has 5 fully saturated rings. The molecular weight excluding hydrogens is 768 g/mol. The summed E-state index contributed by atoms with van der Waals surface area (Å²) in [4.78, 5) is 28.0.